The van der Waals surface area contributed by atoms with Gasteiger partial charge in [0.1, 0.15) is 5.82 Å². The molecule has 0 aliphatic carbocycles. The van der Waals surface area contributed by atoms with Gasteiger partial charge in [-0.1, -0.05) is 55.5 Å². The summed E-state index contributed by atoms with van der Waals surface area (Å²) in [7, 11) is 1.52. The van der Waals surface area contributed by atoms with Crippen LogP contribution in [-0.2, 0) is 14.4 Å². The number of hydrogen-bond acceptors (Lipinski definition) is 7. The monoisotopic (exact) mass is 523 g/mol. The normalized spacial score (nSPS) is 11.7. The molecule has 0 amide bonds. The van der Waals surface area contributed by atoms with Crippen LogP contribution in [0.25, 0.3) is 17.2 Å². The van der Waals surface area contributed by atoms with Gasteiger partial charge in [0.05, 0.1) is 26.9 Å². The third-order valence-electron chi connectivity index (χ3n) is 5.72. The van der Waals surface area contributed by atoms with Gasteiger partial charge in [0, 0.05) is 17.6 Å². The number of carbonyl (C=O) groups is 1. The number of nitrogens with zero attached hydrogens (tertiary/aromatic N) is 1. The van der Waals surface area contributed by atoms with Crippen LogP contribution in [0.5, 0.6) is 11.5 Å². The Morgan fingerprint density at radius 1 is 1.03 bits per heavy atom. The fourth-order valence-corrected chi connectivity index (χ4v) is 3.64. The number of methoxy groups -OCH3 is 1. The smallest absolute Gasteiger partial charge is 0.330 e. The van der Waals surface area contributed by atoms with E-state index in [2.05, 4.69) is 4.84 Å². The maximum Gasteiger partial charge on any atom is 0.330 e. The summed E-state index contributed by atoms with van der Waals surface area (Å²) in [6.07, 6.45) is 3.74. The first-order chi connectivity index (χ1) is 18.4. The topological polar surface area (TPSA) is 97.1 Å². The van der Waals surface area contributed by atoms with E-state index in [1.54, 1.807) is 36.4 Å². The maximum absolute atomic E-state index is 14.8. The third kappa shape index (κ3) is 8.62. The van der Waals surface area contributed by atoms with Gasteiger partial charge in [0.2, 0.25) is 0 Å². The summed E-state index contributed by atoms with van der Waals surface area (Å²) in [5.41, 5.74) is 2.91. The maximum atomic E-state index is 14.8. The summed E-state index contributed by atoms with van der Waals surface area (Å²) >= 11 is 0. The summed E-state index contributed by atoms with van der Waals surface area (Å²) < 4.78 is 31.2. The molecule has 0 bridgehead atoms. The molecule has 38 heavy (non-hydrogen) atoms. The van der Waals surface area contributed by atoms with Gasteiger partial charge in [-0.25, -0.2) is 9.18 Å². The predicted octanol–water partition coefficient (Wildman–Crippen LogP) is 6.23. The summed E-state index contributed by atoms with van der Waals surface area (Å²) in [6, 6.07) is 19.9. The van der Waals surface area contributed by atoms with Crippen LogP contribution in [0, 0.1) is 15.9 Å². The van der Waals surface area contributed by atoms with Gasteiger partial charge in [0.25, 0.3) is 5.09 Å². The van der Waals surface area contributed by atoms with Gasteiger partial charge in [-0.3, -0.25) is 0 Å². The zero-order valence-corrected chi connectivity index (χ0v) is 21.3. The Morgan fingerprint density at radius 3 is 2.50 bits per heavy atom. The van der Waals surface area contributed by atoms with Crippen LogP contribution in [0.4, 0.5) is 4.39 Å². The van der Waals surface area contributed by atoms with E-state index in [0.29, 0.717) is 42.1 Å². The van der Waals surface area contributed by atoms with Gasteiger partial charge >= 0.3 is 5.97 Å². The van der Waals surface area contributed by atoms with Crippen molar-refractivity contribution in [3.8, 4) is 22.6 Å². The third-order valence-corrected chi connectivity index (χ3v) is 5.72. The number of ether oxygens (including phenoxy) is 3. The first-order valence-corrected chi connectivity index (χ1v) is 12.1. The molecule has 1 unspecified atom stereocenters. The van der Waals surface area contributed by atoms with Crippen molar-refractivity contribution < 1.29 is 33.3 Å². The van der Waals surface area contributed by atoms with E-state index in [0.717, 1.165) is 11.1 Å². The molecular formula is C29H30FNO7. The molecule has 3 aromatic rings. The second kappa shape index (κ2) is 14.4. The van der Waals surface area contributed by atoms with E-state index in [1.165, 1.54) is 13.2 Å². The average Bonchev–Trinajstić information content (AvgIpc) is 2.92. The molecule has 0 aliphatic heterocycles. The molecule has 0 spiro atoms. The van der Waals surface area contributed by atoms with Crippen molar-refractivity contribution in [2.75, 3.05) is 26.9 Å². The molecule has 200 valence electrons. The number of esters is 1. The molecule has 8 nitrogen and oxygen atoms in total. The lowest BCUT2D eigenvalue weighted by atomic mass is 9.97. The number of rotatable bonds is 14. The molecule has 0 heterocycles. The summed E-state index contributed by atoms with van der Waals surface area (Å²) in [6.45, 7) is 2.37. The lowest BCUT2D eigenvalue weighted by molar-refractivity contribution is -0.757. The van der Waals surface area contributed by atoms with Crippen molar-refractivity contribution in [2.45, 2.75) is 25.7 Å². The number of benzene rings is 3. The zero-order valence-electron chi connectivity index (χ0n) is 21.3. The first kappa shape index (κ1) is 28.2. The molecule has 0 saturated heterocycles. The van der Waals surface area contributed by atoms with Crippen molar-refractivity contribution in [2.24, 2.45) is 0 Å². The fraction of sp³-hybridized carbons (Fsp3) is 0.276. The summed E-state index contributed by atoms with van der Waals surface area (Å²) in [4.78, 5) is 26.2. The molecular weight excluding hydrogens is 493 g/mol. The second-order valence-corrected chi connectivity index (χ2v) is 8.49. The predicted molar refractivity (Wildman–Crippen MR) is 141 cm³/mol. The van der Waals surface area contributed by atoms with Crippen molar-refractivity contribution in [3.63, 3.8) is 0 Å². The van der Waals surface area contributed by atoms with Crippen LogP contribution in [-0.4, -0.2) is 38.0 Å². The minimum atomic E-state index is -0.855. The van der Waals surface area contributed by atoms with Crippen LogP contribution in [0.15, 0.2) is 72.8 Å². The number of carbonyl (C=O) groups excluding carboxylic acids is 1. The molecule has 0 fully saturated rings. The Morgan fingerprint density at radius 2 is 1.79 bits per heavy atom. The minimum Gasteiger partial charge on any atom is -0.493 e. The lowest BCUT2D eigenvalue weighted by Gasteiger charge is -2.16. The quantitative estimate of drug-likeness (QED) is 0.0812. The van der Waals surface area contributed by atoms with Crippen LogP contribution in [0.2, 0.25) is 0 Å². The molecule has 0 aliphatic rings. The van der Waals surface area contributed by atoms with E-state index in [4.69, 9.17) is 14.2 Å². The SMILES string of the molecule is COc1cc(/C=C/C(=O)OCCCCO[N+](=O)[O-])ccc1OCC(C)c1ccc(-c2ccccc2)c(F)c1. The highest BCUT2D eigenvalue weighted by Crippen LogP contribution is 2.31. The highest BCUT2D eigenvalue weighted by molar-refractivity contribution is 5.87. The van der Waals surface area contributed by atoms with Crippen molar-refractivity contribution in [1.82, 2.24) is 0 Å². The standard InChI is InChI=1S/C29H30FNO7/c1-21(24-12-13-25(26(30)19-24)23-8-4-3-5-9-23)20-37-27-14-10-22(18-28(27)35-2)11-15-29(32)36-16-6-7-17-38-31(33)34/h3-5,8-15,18-19,21H,6-7,16-17,20H2,1-2H3/b15-11+. The zero-order chi connectivity index (χ0) is 27.3. The molecule has 1 atom stereocenters. The Labute approximate surface area is 220 Å². The van der Waals surface area contributed by atoms with Crippen molar-refractivity contribution in [3.05, 3.63) is 99.9 Å². The first-order valence-electron chi connectivity index (χ1n) is 12.1. The summed E-state index contributed by atoms with van der Waals surface area (Å²) in [5, 5.41) is 9.22. The van der Waals surface area contributed by atoms with Crippen molar-refractivity contribution in [1.29, 1.82) is 0 Å². The van der Waals surface area contributed by atoms with Crippen molar-refractivity contribution >= 4 is 12.0 Å². The molecule has 9 heteroatoms. The summed E-state index contributed by atoms with van der Waals surface area (Å²) in [5.74, 6) is 0.136. The Bertz CT molecular complexity index is 1250. The van der Waals surface area contributed by atoms with Crippen LogP contribution < -0.4 is 9.47 Å². The van der Waals surface area contributed by atoms with E-state index in [9.17, 15) is 19.3 Å². The highest BCUT2D eigenvalue weighted by atomic mass is 19.1. The van der Waals surface area contributed by atoms with E-state index < -0.39 is 11.1 Å². The number of hydrogen-bond donors (Lipinski definition) is 0. The average molecular weight is 524 g/mol. The van der Waals surface area contributed by atoms with Crippen LogP contribution in [0.1, 0.15) is 36.8 Å². The largest absolute Gasteiger partial charge is 0.493 e. The minimum absolute atomic E-state index is 0.0369. The van der Waals surface area contributed by atoms with Crippen LogP contribution in [0.3, 0.4) is 0 Å². The Kier molecular flexibility index (Phi) is 10.7. The molecule has 0 saturated carbocycles. The Balaban J connectivity index is 1.52. The number of unbranched alkanes of at least 4 members (excludes halogenated alkanes) is 1. The van der Waals surface area contributed by atoms with Gasteiger partial charge < -0.3 is 19.0 Å². The molecule has 3 rings (SSSR count). The van der Waals surface area contributed by atoms with E-state index in [-0.39, 0.29) is 24.9 Å². The van der Waals surface area contributed by atoms with Gasteiger partial charge in [-0.05, 0) is 53.8 Å². The molecule has 0 radical (unpaired) electrons. The van der Waals surface area contributed by atoms with Gasteiger partial charge in [-0.2, -0.15) is 0 Å². The van der Waals surface area contributed by atoms with E-state index >= 15 is 0 Å². The molecule has 0 N–H and O–H groups in total. The van der Waals surface area contributed by atoms with Crippen LogP contribution >= 0.6 is 0 Å². The van der Waals surface area contributed by atoms with Gasteiger partial charge in [0.15, 0.2) is 11.5 Å². The lowest BCUT2D eigenvalue weighted by Crippen LogP contribution is -2.08. The Hall–Kier alpha value is -4.40. The molecule has 3 aromatic carbocycles. The van der Waals surface area contributed by atoms with E-state index in [1.807, 2.05) is 43.3 Å². The fourth-order valence-electron chi connectivity index (χ4n) is 3.64. The second-order valence-electron chi connectivity index (χ2n) is 8.49. The van der Waals surface area contributed by atoms with Gasteiger partial charge in [-0.15, -0.1) is 10.1 Å². The highest BCUT2D eigenvalue weighted by Gasteiger charge is 2.13. The number of halogens is 1. The molecule has 0 aromatic heterocycles.